The third kappa shape index (κ3) is 7.07. The Bertz CT molecular complexity index is 472. The Morgan fingerprint density at radius 1 is 0.840 bits per heavy atom. The first kappa shape index (κ1) is 22.7. The van der Waals surface area contributed by atoms with E-state index in [-0.39, 0.29) is 45.7 Å². The molecule has 2 heterocycles. The van der Waals surface area contributed by atoms with Crippen LogP contribution in [0.2, 0.25) is 0 Å². The molecule has 0 atom stereocenters. The minimum atomic E-state index is 0. The molecule has 0 N–H and O–H groups in total. The topological polar surface area (TPSA) is 42.0 Å². The van der Waals surface area contributed by atoms with Crippen LogP contribution >= 0.6 is 34.0 Å². The maximum absolute atomic E-state index is 13.0. The lowest BCUT2D eigenvalue weighted by Gasteiger charge is -2.34. The SMILES string of the molecule is Br.Br.O=C(c1ccccc1)C(CN1CCOCC1)CN1CCOCC1. The molecule has 0 spiro atoms. The van der Waals surface area contributed by atoms with Crippen molar-refractivity contribution in [3.63, 3.8) is 0 Å². The summed E-state index contributed by atoms with van der Waals surface area (Å²) in [7, 11) is 0. The lowest BCUT2D eigenvalue weighted by Crippen LogP contribution is -2.47. The summed E-state index contributed by atoms with van der Waals surface area (Å²) in [6, 6.07) is 9.68. The zero-order valence-corrected chi connectivity index (χ0v) is 17.9. The molecule has 2 saturated heterocycles. The van der Waals surface area contributed by atoms with E-state index < -0.39 is 0 Å². The van der Waals surface area contributed by atoms with Gasteiger partial charge in [-0.2, -0.15) is 0 Å². The molecule has 7 heteroatoms. The average molecular weight is 480 g/mol. The van der Waals surface area contributed by atoms with Crippen molar-refractivity contribution in [2.45, 2.75) is 0 Å². The molecule has 0 aromatic heterocycles. The maximum Gasteiger partial charge on any atom is 0.168 e. The quantitative estimate of drug-likeness (QED) is 0.585. The maximum atomic E-state index is 13.0. The lowest BCUT2D eigenvalue weighted by molar-refractivity contribution is 0.0130. The summed E-state index contributed by atoms with van der Waals surface area (Å²) in [6.07, 6.45) is 0. The summed E-state index contributed by atoms with van der Waals surface area (Å²) in [5, 5.41) is 0. The van der Waals surface area contributed by atoms with Crippen molar-refractivity contribution in [2.75, 3.05) is 65.7 Å². The molecule has 0 aliphatic carbocycles. The van der Waals surface area contributed by atoms with Crippen molar-refractivity contribution < 1.29 is 14.3 Å². The van der Waals surface area contributed by atoms with Crippen LogP contribution in [0.15, 0.2) is 30.3 Å². The molecule has 25 heavy (non-hydrogen) atoms. The fraction of sp³-hybridized carbons (Fsp3) is 0.611. The molecule has 0 saturated carbocycles. The fourth-order valence-electron chi connectivity index (χ4n) is 3.25. The van der Waals surface area contributed by atoms with Gasteiger partial charge in [-0.05, 0) is 0 Å². The fourth-order valence-corrected chi connectivity index (χ4v) is 3.25. The molecule has 1 aromatic carbocycles. The number of ketones is 1. The van der Waals surface area contributed by atoms with Crippen molar-refractivity contribution in [1.29, 1.82) is 0 Å². The summed E-state index contributed by atoms with van der Waals surface area (Å²) in [4.78, 5) is 17.7. The molecule has 0 unspecified atom stereocenters. The van der Waals surface area contributed by atoms with E-state index in [0.29, 0.717) is 0 Å². The molecule has 2 aliphatic rings. The van der Waals surface area contributed by atoms with E-state index in [2.05, 4.69) is 9.80 Å². The molecule has 2 fully saturated rings. The minimum absolute atomic E-state index is 0. The number of rotatable bonds is 6. The summed E-state index contributed by atoms with van der Waals surface area (Å²) >= 11 is 0. The van der Waals surface area contributed by atoms with Crippen LogP contribution in [-0.2, 0) is 9.47 Å². The molecule has 142 valence electrons. The van der Waals surface area contributed by atoms with Gasteiger partial charge < -0.3 is 9.47 Å². The zero-order chi connectivity index (χ0) is 15.9. The van der Waals surface area contributed by atoms with E-state index in [1.165, 1.54) is 0 Å². The van der Waals surface area contributed by atoms with Gasteiger partial charge in [-0.15, -0.1) is 34.0 Å². The summed E-state index contributed by atoms with van der Waals surface area (Å²) in [6.45, 7) is 8.37. The monoisotopic (exact) mass is 478 g/mol. The van der Waals surface area contributed by atoms with Gasteiger partial charge in [0.15, 0.2) is 5.78 Å². The van der Waals surface area contributed by atoms with Gasteiger partial charge in [0, 0.05) is 50.7 Å². The number of nitrogens with zero attached hydrogens (tertiary/aromatic N) is 2. The first-order chi connectivity index (χ1) is 11.3. The van der Waals surface area contributed by atoms with Gasteiger partial charge >= 0.3 is 0 Å². The highest BCUT2D eigenvalue weighted by Crippen LogP contribution is 2.14. The van der Waals surface area contributed by atoms with Crippen molar-refractivity contribution in [3.05, 3.63) is 35.9 Å². The molecular formula is C18H28Br2N2O3. The van der Waals surface area contributed by atoms with Gasteiger partial charge in [0.1, 0.15) is 0 Å². The normalized spacial score (nSPS) is 19.1. The predicted molar refractivity (Wildman–Crippen MR) is 109 cm³/mol. The molecule has 3 rings (SSSR count). The Morgan fingerprint density at radius 2 is 1.28 bits per heavy atom. The first-order valence-corrected chi connectivity index (χ1v) is 8.52. The molecule has 1 aromatic rings. The van der Waals surface area contributed by atoms with E-state index >= 15 is 0 Å². The Labute approximate surface area is 171 Å². The van der Waals surface area contributed by atoms with E-state index in [1.807, 2.05) is 30.3 Å². The molecule has 0 bridgehead atoms. The summed E-state index contributed by atoms with van der Waals surface area (Å²) in [5.74, 6) is 0.261. The number of hydrogen-bond donors (Lipinski definition) is 0. The van der Waals surface area contributed by atoms with Crippen LogP contribution in [0.25, 0.3) is 0 Å². The van der Waals surface area contributed by atoms with E-state index in [4.69, 9.17) is 9.47 Å². The van der Waals surface area contributed by atoms with E-state index in [9.17, 15) is 4.79 Å². The van der Waals surface area contributed by atoms with Crippen LogP contribution in [0.4, 0.5) is 0 Å². The highest BCUT2D eigenvalue weighted by molar-refractivity contribution is 8.93. The van der Waals surface area contributed by atoms with E-state index in [1.54, 1.807) is 0 Å². The second-order valence-corrected chi connectivity index (χ2v) is 6.25. The third-order valence-electron chi connectivity index (χ3n) is 4.59. The Morgan fingerprint density at radius 3 is 1.72 bits per heavy atom. The second-order valence-electron chi connectivity index (χ2n) is 6.25. The highest BCUT2D eigenvalue weighted by Gasteiger charge is 2.26. The van der Waals surface area contributed by atoms with Crippen LogP contribution < -0.4 is 0 Å². The van der Waals surface area contributed by atoms with Crippen LogP contribution in [0.1, 0.15) is 10.4 Å². The van der Waals surface area contributed by atoms with Crippen molar-refractivity contribution in [2.24, 2.45) is 5.92 Å². The number of carbonyl (C=O) groups excluding carboxylic acids is 1. The zero-order valence-electron chi connectivity index (χ0n) is 14.5. The average Bonchev–Trinajstić information content (AvgIpc) is 2.63. The summed E-state index contributed by atoms with van der Waals surface area (Å²) < 4.78 is 10.8. The Hall–Kier alpha value is -0.310. The molecule has 5 nitrogen and oxygen atoms in total. The summed E-state index contributed by atoms with van der Waals surface area (Å²) in [5.41, 5.74) is 0.819. The molecule has 2 aliphatic heterocycles. The van der Waals surface area contributed by atoms with Crippen molar-refractivity contribution in [1.82, 2.24) is 9.80 Å². The molecule has 0 radical (unpaired) electrons. The Kier molecular flexibility index (Phi) is 11.0. The Balaban J connectivity index is 0.00000156. The van der Waals surface area contributed by atoms with Gasteiger partial charge in [-0.25, -0.2) is 0 Å². The van der Waals surface area contributed by atoms with Gasteiger partial charge in [0.25, 0.3) is 0 Å². The van der Waals surface area contributed by atoms with Gasteiger partial charge in [-0.3, -0.25) is 14.6 Å². The number of ether oxygens (including phenoxy) is 2. The lowest BCUT2D eigenvalue weighted by atomic mass is 9.96. The standard InChI is InChI=1S/C18H26N2O3.2BrH/c21-18(16-4-2-1-3-5-16)17(14-19-6-10-22-11-7-19)15-20-8-12-23-13-9-20;;/h1-5,17H,6-15H2;2*1H. The number of Topliss-reactive ketones (excluding diaryl/α,β-unsaturated/α-hetero) is 1. The van der Waals surface area contributed by atoms with Crippen LogP contribution in [0.3, 0.4) is 0 Å². The van der Waals surface area contributed by atoms with Crippen LogP contribution in [-0.4, -0.2) is 81.3 Å². The van der Waals surface area contributed by atoms with Crippen LogP contribution in [0.5, 0.6) is 0 Å². The largest absolute Gasteiger partial charge is 0.379 e. The van der Waals surface area contributed by atoms with Gasteiger partial charge in [0.05, 0.1) is 26.4 Å². The van der Waals surface area contributed by atoms with Gasteiger partial charge in [0.2, 0.25) is 0 Å². The number of carbonyl (C=O) groups is 1. The van der Waals surface area contributed by atoms with Crippen molar-refractivity contribution in [3.8, 4) is 0 Å². The second kappa shape index (κ2) is 12.1. The number of benzene rings is 1. The van der Waals surface area contributed by atoms with Crippen LogP contribution in [0, 0.1) is 5.92 Å². The van der Waals surface area contributed by atoms with Crippen molar-refractivity contribution >= 4 is 39.7 Å². The van der Waals surface area contributed by atoms with E-state index in [0.717, 1.165) is 71.3 Å². The molecule has 0 amide bonds. The first-order valence-electron chi connectivity index (χ1n) is 8.52. The minimum Gasteiger partial charge on any atom is -0.379 e. The number of halogens is 2. The highest BCUT2D eigenvalue weighted by atomic mass is 79.9. The third-order valence-corrected chi connectivity index (χ3v) is 4.59. The van der Waals surface area contributed by atoms with Gasteiger partial charge in [-0.1, -0.05) is 30.3 Å². The number of hydrogen-bond acceptors (Lipinski definition) is 5. The smallest absolute Gasteiger partial charge is 0.168 e. The molecular weight excluding hydrogens is 452 g/mol. The predicted octanol–water partition coefficient (Wildman–Crippen LogP) is 2.31. The number of morpholine rings is 2.